The normalized spacial score (nSPS) is 10.8. The number of hydrogen-bond donors (Lipinski definition) is 0. The summed E-state index contributed by atoms with van der Waals surface area (Å²) in [6, 6.07) is 11.7. The minimum atomic E-state index is -0.429. The van der Waals surface area contributed by atoms with E-state index in [0.717, 1.165) is 32.7 Å². The summed E-state index contributed by atoms with van der Waals surface area (Å²) in [7, 11) is 0. The Labute approximate surface area is 175 Å². The van der Waals surface area contributed by atoms with Crippen LogP contribution < -0.4 is 9.47 Å². The second-order valence-electron chi connectivity index (χ2n) is 6.89. The smallest absolute Gasteiger partial charge is 0.344 e. The van der Waals surface area contributed by atoms with Crippen molar-refractivity contribution in [2.24, 2.45) is 0 Å². The number of fused-ring (bicyclic) bond motifs is 2. The first kappa shape index (κ1) is 21.4. The number of ether oxygens (including phenoxy) is 4. The lowest BCUT2D eigenvalue weighted by atomic mass is 9.96. The molecule has 0 spiro atoms. The zero-order valence-electron chi connectivity index (χ0n) is 17.7. The third-order valence-electron chi connectivity index (χ3n) is 4.69. The molecule has 0 aliphatic carbocycles. The maximum atomic E-state index is 11.9. The summed E-state index contributed by atoms with van der Waals surface area (Å²) in [5.41, 5.74) is 2.00. The lowest BCUT2D eigenvalue weighted by Gasteiger charge is -2.19. The minimum Gasteiger partial charge on any atom is -0.481 e. The van der Waals surface area contributed by atoms with Crippen molar-refractivity contribution >= 4 is 33.5 Å². The van der Waals surface area contributed by atoms with E-state index in [4.69, 9.17) is 18.9 Å². The highest BCUT2D eigenvalue weighted by molar-refractivity contribution is 6.12. The number of hydrogen-bond acceptors (Lipinski definition) is 6. The van der Waals surface area contributed by atoms with Gasteiger partial charge in [-0.05, 0) is 39.3 Å². The van der Waals surface area contributed by atoms with Gasteiger partial charge in [-0.15, -0.1) is 0 Å². The number of benzene rings is 3. The van der Waals surface area contributed by atoms with Crippen LogP contribution in [0.2, 0.25) is 0 Å². The van der Waals surface area contributed by atoms with E-state index in [1.54, 1.807) is 13.8 Å². The fourth-order valence-electron chi connectivity index (χ4n) is 3.45. The van der Waals surface area contributed by atoms with Crippen LogP contribution in [0.15, 0.2) is 36.4 Å². The van der Waals surface area contributed by atoms with Gasteiger partial charge in [-0.3, -0.25) is 0 Å². The van der Waals surface area contributed by atoms with E-state index >= 15 is 0 Å². The summed E-state index contributed by atoms with van der Waals surface area (Å²) < 4.78 is 21.9. The monoisotopic (exact) mass is 410 g/mol. The van der Waals surface area contributed by atoms with Crippen LogP contribution >= 0.6 is 0 Å². The highest BCUT2D eigenvalue weighted by Gasteiger charge is 2.19. The van der Waals surface area contributed by atoms with E-state index in [-0.39, 0.29) is 13.2 Å². The van der Waals surface area contributed by atoms with Crippen molar-refractivity contribution in [3.05, 3.63) is 47.5 Å². The van der Waals surface area contributed by atoms with E-state index in [9.17, 15) is 9.59 Å². The lowest BCUT2D eigenvalue weighted by Crippen LogP contribution is -2.16. The quantitative estimate of drug-likeness (QED) is 0.402. The van der Waals surface area contributed by atoms with Crippen molar-refractivity contribution in [1.29, 1.82) is 0 Å². The Kier molecular flexibility index (Phi) is 6.77. The van der Waals surface area contributed by atoms with E-state index in [1.165, 1.54) is 0 Å². The average Bonchev–Trinajstić information content (AvgIpc) is 2.71. The van der Waals surface area contributed by atoms with Gasteiger partial charge in [0.1, 0.15) is 11.5 Å². The molecule has 158 valence electrons. The van der Waals surface area contributed by atoms with Crippen molar-refractivity contribution < 1.29 is 28.5 Å². The molecular formula is C24H26O6. The topological polar surface area (TPSA) is 71.1 Å². The van der Waals surface area contributed by atoms with Crippen LogP contribution in [0.25, 0.3) is 21.5 Å². The number of carbonyl (C=O) groups is 2. The number of esters is 2. The summed E-state index contributed by atoms with van der Waals surface area (Å²) >= 11 is 0. The van der Waals surface area contributed by atoms with Gasteiger partial charge in [0.2, 0.25) is 0 Å². The first-order valence-corrected chi connectivity index (χ1v) is 9.98. The Morgan fingerprint density at radius 1 is 0.767 bits per heavy atom. The fraction of sp³-hybridized carbons (Fsp3) is 0.333. The van der Waals surface area contributed by atoms with Gasteiger partial charge in [0.15, 0.2) is 13.2 Å². The average molecular weight is 410 g/mol. The maximum absolute atomic E-state index is 11.9. The van der Waals surface area contributed by atoms with Crippen LogP contribution in [-0.4, -0.2) is 38.4 Å². The molecule has 3 rings (SSSR count). The molecule has 30 heavy (non-hydrogen) atoms. The van der Waals surface area contributed by atoms with Crippen molar-refractivity contribution in [1.82, 2.24) is 0 Å². The molecule has 0 aliphatic rings. The van der Waals surface area contributed by atoms with Crippen molar-refractivity contribution in [2.75, 3.05) is 26.4 Å². The van der Waals surface area contributed by atoms with E-state index in [1.807, 2.05) is 50.2 Å². The van der Waals surface area contributed by atoms with Crippen LogP contribution in [0.1, 0.15) is 25.0 Å². The van der Waals surface area contributed by atoms with Crippen LogP contribution in [-0.2, 0) is 19.1 Å². The molecule has 0 heterocycles. The Morgan fingerprint density at radius 2 is 1.40 bits per heavy atom. The molecule has 0 aromatic heterocycles. The van der Waals surface area contributed by atoms with Crippen LogP contribution in [0.5, 0.6) is 11.5 Å². The van der Waals surface area contributed by atoms with Gasteiger partial charge in [-0.25, -0.2) is 9.59 Å². The first-order valence-electron chi connectivity index (χ1n) is 9.98. The summed E-state index contributed by atoms with van der Waals surface area (Å²) in [6.07, 6.45) is 0. The molecule has 0 atom stereocenters. The standard InChI is InChI=1S/C24H26O6/c1-5-27-20(25)13-29-23-18-9-7-8-16(4)22(18)24(30-14-21(26)28-6-2)17-11-10-15(3)12-19(17)23/h7-12H,5-6,13-14H2,1-4H3. The zero-order valence-corrected chi connectivity index (χ0v) is 17.7. The zero-order chi connectivity index (χ0) is 21.7. The summed E-state index contributed by atoms with van der Waals surface area (Å²) in [5.74, 6) is 0.322. The molecule has 0 aliphatic heterocycles. The van der Waals surface area contributed by atoms with Gasteiger partial charge in [0, 0.05) is 21.5 Å². The van der Waals surface area contributed by atoms with Gasteiger partial charge >= 0.3 is 11.9 Å². The van der Waals surface area contributed by atoms with Crippen LogP contribution in [0.3, 0.4) is 0 Å². The highest BCUT2D eigenvalue weighted by atomic mass is 16.6. The van der Waals surface area contributed by atoms with Crippen molar-refractivity contribution in [3.8, 4) is 11.5 Å². The van der Waals surface area contributed by atoms with Gasteiger partial charge in [-0.2, -0.15) is 0 Å². The molecule has 6 nitrogen and oxygen atoms in total. The van der Waals surface area contributed by atoms with Crippen LogP contribution in [0, 0.1) is 13.8 Å². The Morgan fingerprint density at radius 3 is 2.03 bits per heavy atom. The van der Waals surface area contributed by atoms with E-state index < -0.39 is 11.9 Å². The largest absolute Gasteiger partial charge is 0.481 e. The minimum absolute atomic E-state index is 0.191. The van der Waals surface area contributed by atoms with E-state index in [2.05, 4.69) is 0 Å². The first-order chi connectivity index (χ1) is 14.5. The number of aryl methyl sites for hydroxylation is 2. The molecule has 0 fully saturated rings. The Balaban J connectivity index is 2.19. The van der Waals surface area contributed by atoms with Crippen molar-refractivity contribution in [3.63, 3.8) is 0 Å². The van der Waals surface area contributed by atoms with Gasteiger partial charge < -0.3 is 18.9 Å². The maximum Gasteiger partial charge on any atom is 0.344 e. The predicted octanol–water partition coefficient (Wildman–Crippen LogP) is 4.49. The Hall–Kier alpha value is -3.28. The summed E-state index contributed by atoms with van der Waals surface area (Å²) in [5, 5.41) is 3.23. The van der Waals surface area contributed by atoms with Gasteiger partial charge in [0.25, 0.3) is 0 Å². The molecule has 0 N–H and O–H groups in total. The number of carbonyl (C=O) groups excluding carboxylic acids is 2. The predicted molar refractivity (Wildman–Crippen MR) is 115 cm³/mol. The third-order valence-corrected chi connectivity index (χ3v) is 4.69. The molecule has 0 bridgehead atoms. The van der Waals surface area contributed by atoms with E-state index in [0.29, 0.717) is 24.7 Å². The summed E-state index contributed by atoms with van der Waals surface area (Å²) in [6.45, 7) is 7.66. The van der Waals surface area contributed by atoms with Gasteiger partial charge in [0.05, 0.1) is 13.2 Å². The molecule has 0 amide bonds. The second kappa shape index (κ2) is 9.48. The number of rotatable bonds is 8. The molecule has 3 aromatic carbocycles. The molecule has 0 radical (unpaired) electrons. The molecule has 0 saturated heterocycles. The third kappa shape index (κ3) is 4.48. The van der Waals surface area contributed by atoms with Gasteiger partial charge in [-0.1, -0.05) is 35.9 Å². The molecule has 0 unspecified atom stereocenters. The fourth-order valence-corrected chi connectivity index (χ4v) is 3.45. The molecule has 3 aromatic rings. The molecule has 0 saturated carbocycles. The lowest BCUT2D eigenvalue weighted by molar-refractivity contribution is -0.146. The molecule has 6 heteroatoms. The highest BCUT2D eigenvalue weighted by Crippen LogP contribution is 2.44. The SMILES string of the molecule is CCOC(=O)COc1c2cc(C)ccc2c(OCC(=O)OCC)c2c(C)cccc12. The summed E-state index contributed by atoms with van der Waals surface area (Å²) in [4.78, 5) is 23.8. The van der Waals surface area contributed by atoms with Crippen molar-refractivity contribution in [2.45, 2.75) is 27.7 Å². The Bertz CT molecular complexity index is 1080. The molecular weight excluding hydrogens is 384 g/mol. The van der Waals surface area contributed by atoms with Crippen LogP contribution in [0.4, 0.5) is 0 Å². The second-order valence-corrected chi connectivity index (χ2v) is 6.89.